The first-order valence-corrected chi connectivity index (χ1v) is 10.1. The van der Waals surface area contributed by atoms with Gasteiger partial charge < -0.3 is 4.98 Å². The predicted octanol–water partition coefficient (Wildman–Crippen LogP) is 4.04. The molecule has 0 fully saturated rings. The molecule has 29 heavy (non-hydrogen) atoms. The minimum atomic E-state index is -0.416. The summed E-state index contributed by atoms with van der Waals surface area (Å²) in [5, 5.41) is 8.78. The van der Waals surface area contributed by atoms with Crippen molar-refractivity contribution in [1.29, 1.82) is 0 Å². The lowest BCUT2D eigenvalue weighted by Gasteiger charge is -2.12. The summed E-state index contributed by atoms with van der Waals surface area (Å²) in [5.41, 5.74) is 3.30. The van der Waals surface area contributed by atoms with Gasteiger partial charge in [-0.2, -0.15) is 0 Å². The number of hydrogen-bond acceptors (Lipinski definition) is 6. The molecule has 0 spiro atoms. The molecule has 3 rings (SSSR count). The van der Waals surface area contributed by atoms with Crippen molar-refractivity contribution in [3.05, 3.63) is 59.7 Å². The zero-order valence-electron chi connectivity index (χ0n) is 16.9. The Hall–Kier alpha value is -3.00. The second kappa shape index (κ2) is 8.57. The van der Waals surface area contributed by atoms with Gasteiger partial charge in [0.15, 0.2) is 22.5 Å². The Balaban J connectivity index is 1.89. The summed E-state index contributed by atoms with van der Waals surface area (Å²) >= 11 is 1.33. The highest BCUT2D eigenvalue weighted by atomic mass is 32.2. The van der Waals surface area contributed by atoms with E-state index in [9.17, 15) is 9.59 Å². The number of rotatable bonds is 8. The predicted molar refractivity (Wildman–Crippen MR) is 113 cm³/mol. The van der Waals surface area contributed by atoms with Crippen LogP contribution in [0.5, 0.6) is 0 Å². The van der Waals surface area contributed by atoms with E-state index in [-0.39, 0.29) is 11.6 Å². The van der Waals surface area contributed by atoms with Gasteiger partial charge in [-0.1, -0.05) is 17.8 Å². The number of pyridine rings is 1. The number of aromatic nitrogens is 5. The molecule has 1 N–H and O–H groups in total. The van der Waals surface area contributed by atoms with Crippen LogP contribution in [0.1, 0.15) is 46.0 Å². The summed E-state index contributed by atoms with van der Waals surface area (Å²) in [6.45, 7) is 11.3. The highest BCUT2D eigenvalue weighted by Crippen LogP contribution is 2.29. The zero-order valence-corrected chi connectivity index (χ0v) is 17.7. The van der Waals surface area contributed by atoms with Crippen LogP contribution in [0.25, 0.3) is 11.4 Å². The van der Waals surface area contributed by atoms with E-state index in [1.54, 1.807) is 32.3 Å². The van der Waals surface area contributed by atoms with Crippen molar-refractivity contribution in [1.82, 2.24) is 24.7 Å². The van der Waals surface area contributed by atoms with Gasteiger partial charge in [-0.25, -0.2) is 0 Å². The molecule has 0 aliphatic carbocycles. The second-order valence-corrected chi connectivity index (χ2v) is 8.06. The molecule has 0 bridgehead atoms. The first-order chi connectivity index (χ1) is 13.8. The smallest absolute Gasteiger partial charge is 0.192 e. The summed E-state index contributed by atoms with van der Waals surface area (Å²) in [4.78, 5) is 32.1. The third kappa shape index (κ3) is 4.07. The van der Waals surface area contributed by atoms with Gasteiger partial charge in [-0.3, -0.25) is 19.1 Å². The standard InChI is InChI=1S/C21H23N5O2S/c1-6-10-26-20(16-8-7-9-22-11-16)24-25-21(26)29-15(5)19(28)18-12(2)17(14(4)27)13(3)23-18/h6-9,11,15,23H,1,10H2,2-5H3/t15-/m0/s1. The summed E-state index contributed by atoms with van der Waals surface area (Å²) in [5.74, 6) is 0.535. The lowest BCUT2D eigenvalue weighted by Crippen LogP contribution is -2.16. The second-order valence-electron chi connectivity index (χ2n) is 6.75. The molecule has 0 saturated heterocycles. The van der Waals surface area contributed by atoms with Crippen molar-refractivity contribution >= 4 is 23.3 Å². The van der Waals surface area contributed by atoms with Gasteiger partial charge in [0.25, 0.3) is 0 Å². The van der Waals surface area contributed by atoms with Crippen molar-refractivity contribution < 1.29 is 9.59 Å². The monoisotopic (exact) mass is 409 g/mol. The van der Waals surface area contributed by atoms with Gasteiger partial charge in [0.1, 0.15) is 0 Å². The topological polar surface area (TPSA) is 93.5 Å². The van der Waals surface area contributed by atoms with Crippen molar-refractivity contribution in [2.24, 2.45) is 0 Å². The minimum Gasteiger partial charge on any atom is -0.355 e. The molecule has 1 atom stereocenters. The van der Waals surface area contributed by atoms with E-state index in [4.69, 9.17) is 0 Å². The van der Waals surface area contributed by atoms with E-state index in [1.807, 2.05) is 23.6 Å². The van der Waals surface area contributed by atoms with Crippen LogP contribution in [0, 0.1) is 13.8 Å². The number of hydrogen-bond donors (Lipinski definition) is 1. The van der Waals surface area contributed by atoms with Crippen LogP contribution in [0.3, 0.4) is 0 Å². The Kier molecular flexibility index (Phi) is 6.12. The minimum absolute atomic E-state index is 0.0533. The normalized spacial score (nSPS) is 12.0. The van der Waals surface area contributed by atoms with Crippen molar-refractivity contribution in [3.8, 4) is 11.4 Å². The molecule has 3 aromatic rings. The quantitative estimate of drug-likeness (QED) is 0.343. The fourth-order valence-electron chi connectivity index (χ4n) is 3.32. The van der Waals surface area contributed by atoms with Gasteiger partial charge >= 0.3 is 0 Å². The Morgan fingerprint density at radius 1 is 1.34 bits per heavy atom. The van der Waals surface area contributed by atoms with E-state index < -0.39 is 5.25 Å². The first-order valence-electron chi connectivity index (χ1n) is 9.20. The maximum Gasteiger partial charge on any atom is 0.192 e. The largest absolute Gasteiger partial charge is 0.355 e. The SMILES string of the molecule is C=CCn1c(S[C@@H](C)C(=O)c2[nH]c(C)c(C(C)=O)c2C)nnc1-c1cccnc1. The Morgan fingerprint density at radius 2 is 2.10 bits per heavy atom. The Labute approximate surface area is 173 Å². The van der Waals surface area contributed by atoms with Crippen molar-refractivity contribution in [3.63, 3.8) is 0 Å². The van der Waals surface area contributed by atoms with E-state index in [0.717, 1.165) is 5.56 Å². The average molecular weight is 410 g/mol. The molecule has 7 nitrogen and oxygen atoms in total. The van der Waals surface area contributed by atoms with Crippen LogP contribution >= 0.6 is 11.8 Å². The third-order valence-electron chi connectivity index (χ3n) is 4.64. The summed E-state index contributed by atoms with van der Waals surface area (Å²) in [6.07, 6.45) is 5.18. The molecule has 0 saturated carbocycles. The average Bonchev–Trinajstić information content (AvgIpc) is 3.22. The van der Waals surface area contributed by atoms with E-state index in [0.29, 0.717) is 40.0 Å². The Morgan fingerprint density at radius 3 is 2.69 bits per heavy atom. The number of H-pyrrole nitrogens is 1. The highest BCUT2D eigenvalue weighted by Gasteiger charge is 2.26. The van der Waals surface area contributed by atoms with Crippen molar-refractivity contribution in [2.75, 3.05) is 0 Å². The number of carbonyl (C=O) groups is 2. The number of ketones is 2. The molecule has 3 aromatic heterocycles. The van der Waals surface area contributed by atoms with Gasteiger partial charge in [0.2, 0.25) is 0 Å². The van der Waals surface area contributed by atoms with E-state index in [2.05, 4.69) is 26.7 Å². The maximum absolute atomic E-state index is 13.1. The number of Topliss-reactive ketones (excluding diaryl/α,β-unsaturated/α-hetero) is 2. The number of allylic oxidation sites excluding steroid dienone is 1. The van der Waals surface area contributed by atoms with Crippen LogP contribution in [0.15, 0.2) is 42.3 Å². The maximum atomic E-state index is 13.1. The molecule has 0 aliphatic rings. The molecular weight excluding hydrogens is 386 g/mol. The van der Waals surface area contributed by atoms with Gasteiger partial charge in [-0.15, -0.1) is 16.8 Å². The molecule has 0 unspecified atom stereocenters. The molecule has 3 heterocycles. The van der Waals surface area contributed by atoms with Gasteiger partial charge in [-0.05, 0) is 45.4 Å². The highest BCUT2D eigenvalue weighted by molar-refractivity contribution is 8.00. The molecule has 150 valence electrons. The number of thioether (sulfide) groups is 1. The van der Waals surface area contributed by atoms with E-state index >= 15 is 0 Å². The van der Waals surface area contributed by atoms with E-state index in [1.165, 1.54) is 18.7 Å². The fraction of sp³-hybridized carbons (Fsp3) is 0.286. The molecule has 0 aliphatic heterocycles. The van der Waals surface area contributed by atoms with Crippen LogP contribution in [-0.4, -0.2) is 41.5 Å². The molecule has 0 amide bonds. The lowest BCUT2D eigenvalue weighted by atomic mass is 10.0. The first kappa shape index (κ1) is 20.7. The summed E-state index contributed by atoms with van der Waals surface area (Å²) in [7, 11) is 0. The zero-order chi connectivity index (χ0) is 21.1. The van der Waals surface area contributed by atoms with Crippen LogP contribution in [0.2, 0.25) is 0 Å². The van der Waals surface area contributed by atoms with Crippen LogP contribution in [-0.2, 0) is 6.54 Å². The number of nitrogens with one attached hydrogen (secondary N) is 1. The Bertz CT molecular complexity index is 1070. The summed E-state index contributed by atoms with van der Waals surface area (Å²) in [6, 6.07) is 3.75. The molecular formula is C21H23N5O2S. The molecule has 8 heteroatoms. The number of aryl methyl sites for hydroxylation is 1. The lowest BCUT2D eigenvalue weighted by molar-refractivity contribution is 0.0988. The van der Waals surface area contributed by atoms with Gasteiger partial charge in [0.05, 0.1) is 10.9 Å². The summed E-state index contributed by atoms with van der Waals surface area (Å²) < 4.78 is 1.91. The van der Waals surface area contributed by atoms with Crippen LogP contribution in [0.4, 0.5) is 0 Å². The molecule has 0 aromatic carbocycles. The number of carbonyl (C=O) groups excluding carboxylic acids is 2. The number of aromatic amines is 1. The third-order valence-corrected chi connectivity index (χ3v) is 5.72. The van der Waals surface area contributed by atoms with Gasteiger partial charge in [0, 0.05) is 35.8 Å². The number of nitrogens with zero attached hydrogens (tertiary/aromatic N) is 4. The fourth-order valence-corrected chi connectivity index (χ4v) is 4.23. The van der Waals surface area contributed by atoms with Crippen LogP contribution < -0.4 is 0 Å². The molecule has 0 radical (unpaired) electrons. The van der Waals surface area contributed by atoms with Crippen molar-refractivity contribution in [2.45, 2.75) is 44.6 Å².